The van der Waals surface area contributed by atoms with Gasteiger partial charge in [0.1, 0.15) is 0 Å². The smallest absolute Gasteiger partial charge is 0.0492 e. The van der Waals surface area contributed by atoms with Gasteiger partial charge in [0, 0.05) is 29.7 Å². The number of aromatic nitrogens is 2. The second-order valence-electron chi connectivity index (χ2n) is 3.33. The van der Waals surface area contributed by atoms with Gasteiger partial charge >= 0.3 is 0 Å². The van der Waals surface area contributed by atoms with Gasteiger partial charge in [-0.2, -0.15) is 5.10 Å². The second-order valence-corrected chi connectivity index (χ2v) is 3.98. The minimum absolute atomic E-state index is 0.770. The fourth-order valence-corrected chi connectivity index (χ4v) is 2.42. The number of hydrogen-bond acceptors (Lipinski definition) is 1. The molecule has 1 aliphatic rings. The van der Waals surface area contributed by atoms with Crippen molar-refractivity contribution in [2.75, 3.05) is 5.33 Å². The van der Waals surface area contributed by atoms with Crippen molar-refractivity contribution in [1.29, 1.82) is 0 Å². The lowest BCUT2D eigenvalue weighted by Gasteiger charge is -2.02. The summed E-state index contributed by atoms with van der Waals surface area (Å²) in [5, 5.41) is 5.40. The number of alkyl halides is 1. The molecule has 66 valence electrons. The van der Waals surface area contributed by atoms with Gasteiger partial charge in [-0.3, -0.25) is 4.68 Å². The molecule has 1 aliphatic carbocycles. The number of hydrogen-bond donors (Lipinski definition) is 0. The van der Waals surface area contributed by atoms with Crippen molar-refractivity contribution < 1.29 is 0 Å². The van der Waals surface area contributed by atoms with Crippen LogP contribution in [-0.2, 0) is 6.54 Å². The Hall–Kier alpha value is -0.310. The van der Waals surface area contributed by atoms with Crippen molar-refractivity contribution in [2.45, 2.75) is 25.8 Å². The molecule has 2 unspecified atom stereocenters. The average Bonchev–Trinajstić information content (AvgIpc) is 2.74. The Labute approximate surface area is 81.1 Å². The van der Waals surface area contributed by atoms with Crippen LogP contribution in [0.4, 0.5) is 0 Å². The number of rotatable bonds is 3. The molecule has 0 radical (unpaired) electrons. The van der Waals surface area contributed by atoms with Crippen LogP contribution in [0.2, 0.25) is 0 Å². The molecule has 0 saturated heterocycles. The maximum absolute atomic E-state index is 4.27. The first-order valence-corrected chi connectivity index (χ1v) is 5.56. The third kappa shape index (κ3) is 1.30. The van der Waals surface area contributed by atoms with Crippen LogP contribution >= 0.6 is 15.9 Å². The first kappa shape index (κ1) is 8.30. The normalized spacial score (nSPS) is 27.5. The minimum Gasteiger partial charge on any atom is -0.270 e. The summed E-state index contributed by atoms with van der Waals surface area (Å²) >= 11 is 3.52. The van der Waals surface area contributed by atoms with Gasteiger partial charge in [0.15, 0.2) is 0 Å². The van der Waals surface area contributed by atoms with E-state index < -0.39 is 0 Å². The van der Waals surface area contributed by atoms with Crippen LogP contribution in [0, 0.1) is 5.92 Å². The molecule has 0 N–H and O–H groups in total. The summed E-state index contributed by atoms with van der Waals surface area (Å²) in [7, 11) is 0. The predicted octanol–water partition coefficient (Wildman–Crippen LogP) is 2.40. The molecule has 2 atom stereocenters. The van der Waals surface area contributed by atoms with Crippen LogP contribution in [0.25, 0.3) is 0 Å². The summed E-state index contributed by atoms with van der Waals surface area (Å²) in [5.74, 6) is 1.62. The van der Waals surface area contributed by atoms with Crippen LogP contribution in [0.5, 0.6) is 0 Å². The van der Waals surface area contributed by atoms with E-state index in [-0.39, 0.29) is 0 Å². The van der Waals surface area contributed by atoms with Crippen LogP contribution < -0.4 is 0 Å². The van der Waals surface area contributed by atoms with Gasteiger partial charge in [0.2, 0.25) is 0 Å². The molecule has 0 aromatic carbocycles. The van der Waals surface area contributed by atoms with E-state index in [1.165, 1.54) is 12.1 Å². The van der Waals surface area contributed by atoms with Gasteiger partial charge in [-0.15, -0.1) is 0 Å². The van der Waals surface area contributed by atoms with Crippen LogP contribution in [0.1, 0.15) is 25.0 Å². The Morgan fingerprint density at radius 2 is 2.58 bits per heavy atom. The highest BCUT2D eigenvalue weighted by atomic mass is 79.9. The summed E-state index contributed by atoms with van der Waals surface area (Å²) < 4.78 is 2.10. The van der Waals surface area contributed by atoms with Crippen LogP contribution in [0.3, 0.4) is 0 Å². The zero-order valence-corrected chi connectivity index (χ0v) is 8.79. The zero-order valence-electron chi connectivity index (χ0n) is 7.20. The van der Waals surface area contributed by atoms with E-state index in [0.29, 0.717) is 0 Å². The van der Waals surface area contributed by atoms with Gasteiger partial charge in [-0.05, 0) is 25.3 Å². The zero-order chi connectivity index (χ0) is 8.55. The lowest BCUT2D eigenvalue weighted by atomic mass is 10.2. The van der Waals surface area contributed by atoms with Crippen molar-refractivity contribution in [2.24, 2.45) is 5.92 Å². The number of halogens is 1. The van der Waals surface area contributed by atoms with E-state index in [1.807, 2.05) is 6.20 Å². The topological polar surface area (TPSA) is 17.8 Å². The predicted molar refractivity (Wildman–Crippen MR) is 52.5 cm³/mol. The van der Waals surface area contributed by atoms with E-state index in [1.54, 1.807) is 0 Å². The summed E-state index contributed by atoms with van der Waals surface area (Å²) in [6.07, 6.45) is 3.24. The quantitative estimate of drug-likeness (QED) is 0.727. The second kappa shape index (κ2) is 3.21. The Kier molecular flexibility index (Phi) is 2.22. The fraction of sp³-hybridized carbons (Fsp3) is 0.667. The van der Waals surface area contributed by atoms with E-state index in [4.69, 9.17) is 0 Å². The van der Waals surface area contributed by atoms with Gasteiger partial charge in [0.05, 0.1) is 0 Å². The highest BCUT2D eigenvalue weighted by molar-refractivity contribution is 9.09. The Bertz CT molecular complexity index is 269. The standard InChI is InChI=1S/C9H13BrN2/c1-2-12-9(3-4-11-12)8-5-7(8)6-10/h3-4,7-8H,2,5-6H2,1H3. The molecule has 1 saturated carbocycles. The van der Waals surface area contributed by atoms with Crippen molar-refractivity contribution in [3.8, 4) is 0 Å². The summed E-state index contributed by atoms with van der Waals surface area (Å²) in [6.45, 7) is 3.13. The summed E-state index contributed by atoms with van der Waals surface area (Å²) in [4.78, 5) is 0. The third-order valence-corrected chi connectivity index (χ3v) is 3.38. The highest BCUT2D eigenvalue weighted by Crippen LogP contribution is 2.48. The van der Waals surface area contributed by atoms with Gasteiger partial charge in [-0.1, -0.05) is 15.9 Å². The molecule has 0 amide bonds. The van der Waals surface area contributed by atoms with E-state index >= 15 is 0 Å². The van der Waals surface area contributed by atoms with Crippen molar-refractivity contribution in [3.63, 3.8) is 0 Å². The van der Waals surface area contributed by atoms with Gasteiger partial charge in [-0.25, -0.2) is 0 Å². The molecule has 1 aromatic heterocycles. The largest absolute Gasteiger partial charge is 0.270 e. The fourth-order valence-electron chi connectivity index (χ4n) is 1.70. The monoisotopic (exact) mass is 228 g/mol. The van der Waals surface area contributed by atoms with Gasteiger partial charge < -0.3 is 0 Å². The molecule has 3 heteroatoms. The first-order valence-electron chi connectivity index (χ1n) is 4.44. The molecule has 1 heterocycles. The van der Waals surface area contributed by atoms with E-state index in [2.05, 4.69) is 38.7 Å². The van der Waals surface area contributed by atoms with Crippen molar-refractivity contribution in [1.82, 2.24) is 9.78 Å². The molecule has 12 heavy (non-hydrogen) atoms. The first-order chi connectivity index (χ1) is 5.86. The highest BCUT2D eigenvalue weighted by Gasteiger charge is 2.39. The molecule has 2 rings (SSSR count). The maximum Gasteiger partial charge on any atom is 0.0492 e. The molecular weight excluding hydrogens is 216 g/mol. The van der Waals surface area contributed by atoms with Crippen molar-refractivity contribution in [3.05, 3.63) is 18.0 Å². The molecular formula is C9H13BrN2. The third-order valence-electron chi connectivity index (χ3n) is 2.55. The molecule has 2 nitrogen and oxygen atoms in total. The Morgan fingerprint density at radius 3 is 3.17 bits per heavy atom. The van der Waals surface area contributed by atoms with Crippen LogP contribution in [-0.4, -0.2) is 15.1 Å². The molecule has 1 aromatic rings. The maximum atomic E-state index is 4.27. The lowest BCUT2D eigenvalue weighted by Crippen LogP contribution is -2.01. The van der Waals surface area contributed by atoms with Gasteiger partial charge in [0.25, 0.3) is 0 Å². The van der Waals surface area contributed by atoms with Crippen molar-refractivity contribution >= 4 is 15.9 Å². The van der Waals surface area contributed by atoms with E-state index in [0.717, 1.165) is 23.7 Å². The van der Waals surface area contributed by atoms with E-state index in [9.17, 15) is 0 Å². The summed E-state index contributed by atoms with van der Waals surface area (Å²) in [6, 6.07) is 2.15. The Balaban J connectivity index is 2.13. The Morgan fingerprint density at radius 1 is 1.75 bits per heavy atom. The lowest BCUT2D eigenvalue weighted by molar-refractivity contribution is 0.617. The summed E-state index contributed by atoms with van der Waals surface area (Å²) in [5.41, 5.74) is 1.42. The SMILES string of the molecule is CCn1nccc1C1CC1CBr. The molecule has 1 fully saturated rings. The average molecular weight is 229 g/mol. The minimum atomic E-state index is 0.770. The number of nitrogens with zero attached hydrogens (tertiary/aromatic N) is 2. The number of aryl methyl sites for hydroxylation is 1. The molecule has 0 aliphatic heterocycles. The molecule has 0 spiro atoms. The molecule has 0 bridgehead atoms. The van der Waals surface area contributed by atoms with Crippen LogP contribution in [0.15, 0.2) is 12.3 Å².